The van der Waals surface area contributed by atoms with E-state index in [9.17, 15) is 9.59 Å². The number of benzene rings is 2. The summed E-state index contributed by atoms with van der Waals surface area (Å²) in [6.45, 7) is 8.41. The molecular formula is C30H36N4O4S. The molecule has 0 saturated carbocycles. The Balaban J connectivity index is 1.08. The zero-order valence-electron chi connectivity index (χ0n) is 22.9. The Morgan fingerprint density at radius 3 is 2.26 bits per heavy atom. The van der Waals surface area contributed by atoms with Gasteiger partial charge in [-0.1, -0.05) is 6.07 Å². The van der Waals surface area contributed by atoms with Crippen LogP contribution in [0.5, 0.6) is 11.5 Å². The van der Waals surface area contributed by atoms with Crippen molar-refractivity contribution in [1.82, 2.24) is 14.8 Å². The first-order chi connectivity index (χ1) is 18.9. The fourth-order valence-electron chi connectivity index (χ4n) is 5.11. The predicted molar refractivity (Wildman–Crippen MR) is 153 cm³/mol. The largest absolute Gasteiger partial charge is 0.497 e. The fourth-order valence-corrected chi connectivity index (χ4v) is 6.08. The number of piperazine rings is 1. The highest BCUT2D eigenvalue weighted by molar-refractivity contribution is 7.09. The third-order valence-corrected chi connectivity index (χ3v) is 8.79. The van der Waals surface area contributed by atoms with Gasteiger partial charge in [0.1, 0.15) is 17.2 Å². The smallest absolute Gasteiger partial charge is 0.273 e. The normalized spacial score (nSPS) is 16.3. The second-order valence-corrected chi connectivity index (χ2v) is 11.1. The minimum absolute atomic E-state index is 0.00276. The molecule has 2 saturated heterocycles. The second-order valence-electron chi connectivity index (χ2n) is 10.2. The Kier molecular flexibility index (Phi) is 8.35. The van der Waals surface area contributed by atoms with Crippen LogP contribution in [0.1, 0.15) is 45.4 Å². The molecule has 0 aliphatic carbocycles. The summed E-state index contributed by atoms with van der Waals surface area (Å²) < 4.78 is 11.0. The average Bonchev–Trinajstić information content (AvgIpc) is 3.48. The van der Waals surface area contributed by atoms with Crippen molar-refractivity contribution >= 4 is 28.8 Å². The molecule has 206 valence electrons. The Labute approximate surface area is 234 Å². The van der Waals surface area contributed by atoms with Crippen molar-refractivity contribution in [2.45, 2.75) is 32.6 Å². The Morgan fingerprint density at radius 2 is 1.59 bits per heavy atom. The monoisotopic (exact) mass is 548 g/mol. The molecule has 2 aliphatic rings. The van der Waals surface area contributed by atoms with Gasteiger partial charge in [-0.2, -0.15) is 0 Å². The maximum absolute atomic E-state index is 13.2. The van der Waals surface area contributed by atoms with Crippen LogP contribution in [-0.2, 0) is 4.79 Å². The molecule has 0 atom stereocenters. The lowest BCUT2D eigenvalue weighted by atomic mass is 9.97. The van der Waals surface area contributed by atoms with Gasteiger partial charge in [0.15, 0.2) is 6.61 Å². The number of carbonyl (C=O) groups is 2. The van der Waals surface area contributed by atoms with Gasteiger partial charge in [0.25, 0.3) is 11.8 Å². The molecule has 1 aromatic heterocycles. The summed E-state index contributed by atoms with van der Waals surface area (Å²) in [6, 6.07) is 13.9. The van der Waals surface area contributed by atoms with Gasteiger partial charge in [0.05, 0.1) is 12.1 Å². The molecule has 0 unspecified atom stereocenters. The van der Waals surface area contributed by atoms with Gasteiger partial charge in [-0.05, 0) is 74.2 Å². The van der Waals surface area contributed by atoms with Gasteiger partial charge in [0.2, 0.25) is 0 Å². The molecule has 2 amide bonds. The van der Waals surface area contributed by atoms with Gasteiger partial charge in [-0.15, -0.1) is 11.3 Å². The van der Waals surface area contributed by atoms with Crippen molar-refractivity contribution in [3.63, 3.8) is 0 Å². The van der Waals surface area contributed by atoms with Crippen LogP contribution in [0.3, 0.4) is 0 Å². The van der Waals surface area contributed by atoms with E-state index in [1.807, 2.05) is 52.4 Å². The van der Waals surface area contributed by atoms with Crippen LogP contribution in [0.15, 0.2) is 47.8 Å². The number of thiazole rings is 1. The Morgan fingerprint density at radius 1 is 0.897 bits per heavy atom. The molecule has 39 heavy (non-hydrogen) atoms. The lowest BCUT2D eigenvalue weighted by Crippen LogP contribution is -2.48. The summed E-state index contributed by atoms with van der Waals surface area (Å²) in [7, 11) is 1.66. The van der Waals surface area contributed by atoms with Crippen LogP contribution in [0.25, 0.3) is 0 Å². The molecule has 2 fully saturated rings. The lowest BCUT2D eigenvalue weighted by Gasteiger charge is -2.35. The number of methoxy groups -OCH3 is 1. The minimum atomic E-state index is 0.00276. The summed E-state index contributed by atoms with van der Waals surface area (Å²) in [5.41, 5.74) is 4.03. The van der Waals surface area contributed by atoms with E-state index in [0.29, 0.717) is 31.9 Å². The van der Waals surface area contributed by atoms with Gasteiger partial charge < -0.3 is 24.2 Å². The number of rotatable bonds is 7. The molecule has 2 aromatic carbocycles. The molecule has 0 bridgehead atoms. The van der Waals surface area contributed by atoms with Gasteiger partial charge in [0, 0.05) is 56.3 Å². The number of likely N-dealkylation sites (tertiary alicyclic amines) is 1. The van der Waals surface area contributed by atoms with E-state index in [2.05, 4.69) is 24.0 Å². The van der Waals surface area contributed by atoms with Gasteiger partial charge in [-0.3, -0.25) is 9.59 Å². The number of aromatic nitrogens is 1. The first kappa shape index (κ1) is 27.0. The number of nitrogens with zero attached hydrogens (tertiary/aromatic N) is 4. The molecule has 8 nitrogen and oxygen atoms in total. The number of anilines is 1. The van der Waals surface area contributed by atoms with E-state index < -0.39 is 0 Å². The molecule has 3 aromatic rings. The quantitative estimate of drug-likeness (QED) is 0.432. The van der Waals surface area contributed by atoms with E-state index >= 15 is 0 Å². The number of hydrogen-bond donors (Lipinski definition) is 0. The first-order valence-electron chi connectivity index (χ1n) is 13.5. The maximum atomic E-state index is 13.2. The Bertz CT molecular complexity index is 1290. The lowest BCUT2D eigenvalue weighted by molar-refractivity contribution is -0.134. The van der Waals surface area contributed by atoms with E-state index in [4.69, 9.17) is 14.5 Å². The second kappa shape index (κ2) is 12.1. The summed E-state index contributed by atoms with van der Waals surface area (Å²) in [5.74, 6) is 1.85. The molecule has 9 heteroatoms. The highest BCUT2D eigenvalue weighted by atomic mass is 32.1. The summed E-state index contributed by atoms with van der Waals surface area (Å²) in [6.07, 6.45) is 1.69. The van der Waals surface area contributed by atoms with Crippen molar-refractivity contribution < 1.29 is 19.1 Å². The number of aryl methyl sites for hydroxylation is 2. The molecule has 5 rings (SSSR count). The molecular weight excluding hydrogens is 512 g/mol. The van der Waals surface area contributed by atoms with Crippen LogP contribution >= 0.6 is 11.3 Å². The number of piperidine rings is 1. The average molecular weight is 549 g/mol. The SMILES string of the molecule is COc1ccc(N2CCN(C(=O)c3csc(C4CCN(C(=O)COc5ccc(C)c(C)c5)CC4)n3)CC2)cc1. The van der Waals surface area contributed by atoms with Crippen LogP contribution in [0, 0.1) is 13.8 Å². The number of amides is 2. The van der Waals surface area contributed by atoms with E-state index in [1.165, 1.54) is 5.56 Å². The van der Waals surface area contributed by atoms with Gasteiger partial charge >= 0.3 is 0 Å². The van der Waals surface area contributed by atoms with Crippen molar-refractivity contribution in [3.8, 4) is 11.5 Å². The fraction of sp³-hybridized carbons (Fsp3) is 0.433. The third-order valence-electron chi connectivity index (χ3n) is 7.78. The summed E-state index contributed by atoms with van der Waals surface area (Å²) >= 11 is 1.56. The van der Waals surface area contributed by atoms with Crippen LogP contribution in [0.2, 0.25) is 0 Å². The van der Waals surface area contributed by atoms with Crippen LogP contribution < -0.4 is 14.4 Å². The molecule has 2 aliphatic heterocycles. The van der Waals surface area contributed by atoms with Crippen LogP contribution in [-0.4, -0.2) is 79.6 Å². The first-order valence-corrected chi connectivity index (χ1v) is 14.4. The molecule has 3 heterocycles. The minimum Gasteiger partial charge on any atom is -0.497 e. The molecule has 0 spiro atoms. The van der Waals surface area contributed by atoms with Crippen LogP contribution in [0.4, 0.5) is 5.69 Å². The number of ether oxygens (including phenoxy) is 2. The van der Waals surface area contributed by atoms with E-state index in [1.54, 1.807) is 18.4 Å². The zero-order chi connectivity index (χ0) is 27.4. The predicted octanol–water partition coefficient (Wildman–Crippen LogP) is 4.52. The van der Waals surface area contributed by atoms with Crippen molar-refractivity contribution in [2.24, 2.45) is 0 Å². The summed E-state index contributed by atoms with van der Waals surface area (Å²) in [4.78, 5) is 36.7. The maximum Gasteiger partial charge on any atom is 0.273 e. The number of carbonyl (C=O) groups excluding carboxylic acids is 2. The third kappa shape index (κ3) is 6.36. The van der Waals surface area contributed by atoms with E-state index in [0.717, 1.165) is 53.7 Å². The number of hydrogen-bond acceptors (Lipinski definition) is 7. The Hall–Kier alpha value is -3.59. The molecule has 0 radical (unpaired) electrons. The van der Waals surface area contributed by atoms with Crippen molar-refractivity contribution in [3.05, 3.63) is 69.7 Å². The zero-order valence-corrected chi connectivity index (χ0v) is 23.7. The van der Waals surface area contributed by atoms with Crippen molar-refractivity contribution in [2.75, 3.05) is 57.9 Å². The highest BCUT2D eigenvalue weighted by Crippen LogP contribution is 2.31. The summed E-state index contributed by atoms with van der Waals surface area (Å²) in [5, 5.41) is 2.89. The van der Waals surface area contributed by atoms with E-state index in [-0.39, 0.29) is 24.3 Å². The standard InChI is InChI=1S/C30H36N4O4S/c1-21-4-7-26(18-22(21)2)38-19-28(35)33-12-10-23(11-13-33)29-31-27(20-39-29)30(36)34-16-14-32(15-17-34)24-5-8-25(37-3)9-6-24/h4-9,18,20,23H,10-17,19H2,1-3H3. The topological polar surface area (TPSA) is 75.2 Å². The molecule has 0 N–H and O–H groups in total. The highest BCUT2D eigenvalue weighted by Gasteiger charge is 2.28. The van der Waals surface area contributed by atoms with Crippen molar-refractivity contribution in [1.29, 1.82) is 0 Å². The van der Waals surface area contributed by atoms with Gasteiger partial charge in [-0.25, -0.2) is 4.98 Å².